The average molecular weight is 439 g/mol. The quantitative estimate of drug-likeness (QED) is 0.539. The maximum atomic E-state index is 12.4. The number of piperidine rings is 1. The van der Waals surface area contributed by atoms with E-state index in [1.807, 2.05) is 0 Å². The summed E-state index contributed by atoms with van der Waals surface area (Å²) < 4.78 is 50.0. The van der Waals surface area contributed by atoms with E-state index in [1.165, 1.54) is 18.6 Å². The van der Waals surface area contributed by atoms with Crippen LogP contribution in [0.25, 0.3) is 17.5 Å². The third kappa shape index (κ3) is 6.13. The summed E-state index contributed by atoms with van der Waals surface area (Å²) in [7, 11) is -3.23. The molecule has 2 aromatic rings. The summed E-state index contributed by atoms with van der Waals surface area (Å²) in [5.41, 5.74) is 0.393. The first-order valence-electron chi connectivity index (χ1n) is 9.33. The van der Waals surface area contributed by atoms with Gasteiger partial charge in [0.1, 0.15) is 18.0 Å². The fourth-order valence-electron chi connectivity index (χ4n) is 3.17. The Labute approximate surface area is 173 Å². The predicted octanol–water partition coefficient (Wildman–Crippen LogP) is 1.93. The van der Waals surface area contributed by atoms with Crippen LogP contribution < -0.4 is 9.62 Å². The number of H-pyrrole nitrogens is 1. The fraction of sp³-hybridized carbons (Fsp3) is 0.444. The molecule has 12 heteroatoms. The van der Waals surface area contributed by atoms with Gasteiger partial charge >= 0.3 is 0 Å². The first kappa shape index (κ1) is 22.0. The zero-order valence-electron chi connectivity index (χ0n) is 16.3. The van der Waals surface area contributed by atoms with E-state index in [-0.39, 0.29) is 5.92 Å². The van der Waals surface area contributed by atoms with E-state index in [2.05, 4.69) is 29.6 Å². The molecule has 1 aliphatic heterocycles. The van der Waals surface area contributed by atoms with Crippen LogP contribution in [0.15, 0.2) is 24.7 Å². The normalized spacial score (nSPS) is 17.7. The Morgan fingerprint density at radius 3 is 2.97 bits per heavy atom. The highest BCUT2D eigenvalue weighted by Gasteiger charge is 2.22. The van der Waals surface area contributed by atoms with Crippen LogP contribution in [0.5, 0.6) is 0 Å². The second kappa shape index (κ2) is 9.39. The van der Waals surface area contributed by atoms with Crippen LogP contribution in [0.4, 0.5) is 14.6 Å². The molecule has 3 N–H and O–H groups in total. The summed E-state index contributed by atoms with van der Waals surface area (Å²) in [5.74, 6) is 1.23. The topological polar surface area (TPSA) is 128 Å². The van der Waals surface area contributed by atoms with Crippen molar-refractivity contribution in [1.29, 1.82) is 5.41 Å². The van der Waals surface area contributed by atoms with Gasteiger partial charge in [-0.3, -0.25) is 5.41 Å². The van der Waals surface area contributed by atoms with Gasteiger partial charge in [-0.2, -0.15) is 0 Å². The standard InChI is InChI=1S/C18H23F2N7O2S/c1-30(28,29)25-8-12-3-2-6-27(10-12)17-7-14(23-11-24-17)15-9-22-16(26-15)5-4-13(21)18(19)20/h4-5,7,9,11-12,18,21,25H,2-3,6,8,10H2,1H3,(H,22,26)/b5-4-,21-13?. The highest BCUT2D eigenvalue weighted by atomic mass is 32.2. The monoisotopic (exact) mass is 439 g/mol. The Balaban J connectivity index is 1.70. The Hall–Kier alpha value is -2.73. The third-order valence-corrected chi connectivity index (χ3v) is 5.35. The minimum atomic E-state index is -3.23. The van der Waals surface area contributed by atoms with Crippen molar-refractivity contribution in [3.05, 3.63) is 30.5 Å². The predicted molar refractivity (Wildman–Crippen MR) is 110 cm³/mol. The molecule has 30 heavy (non-hydrogen) atoms. The van der Waals surface area contributed by atoms with Crippen molar-refractivity contribution in [1.82, 2.24) is 24.7 Å². The van der Waals surface area contributed by atoms with Gasteiger partial charge in [0.2, 0.25) is 10.0 Å². The maximum absolute atomic E-state index is 12.4. The average Bonchev–Trinajstić information content (AvgIpc) is 3.19. The Kier molecular flexibility index (Phi) is 6.87. The van der Waals surface area contributed by atoms with Crippen LogP contribution >= 0.6 is 0 Å². The molecule has 0 aliphatic carbocycles. The van der Waals surface area contributed by atoms with Crippen LogP contribution in [-0.4, -0.2) is 66.4 Å². The van der Waals surface area contributed by atoms with Crippen molar-refractivity contribution in [3.8, 4) is 11.4 Å². The number of sulfonamides is 1. The molecule has 1 atom stereocenters. The van der Waals surface area contributed by atoms with E-state index in [1.54, 1.807) is 6.07 Å². The van der Waals surface area contributed by atoms with Crippen LogP contribution in [0, 0.1) is 11.3 Å². The lowest BCUT2D eigenvalue weighted by Gasteiger charge is -2.33. The van der Waals surface area contributed by atoms with Gasteiger partial charge in [-0.05, 0) is 30.9 Å². The molecule has 1 unspecified atom stereocenters. The molecule has 0 bridgehead atoms. The van der Waals surface area contributed by atoms with E-state index in [0.29, 0.717) is 30.3 Å². The number of nitrogens with one attached hydrogen (secondary N) is 3. The minimum Gasteiger partial charge on any atom is -0.356 e. The fourth-order valence-corrected chi connectivity index (χ4v) is 3.71. The second-order valence-corrected chi connectivity index (χ2v) is 8.94. The van der Waals surface area contributed by atoms with Crippen molar-refractivity contribution >= 4 is 27.6 Å². The number of halogens is 2. The van der Waals surface area contributed by atoms with Gasteiger partial charge in [-0.1, -0.05) is 0 Å². The Morgan fingerprint density at radius 1 is 1.43 bits per heavy atom. The molecule has 1 aliphatic rings. The highest BCUT2D eigenvalue weighted by molar-refractivity contribution is 7.88. The van der Waals surface area contributed by atoms with Gasteiger partial charge in [0.15, 0.2) is 0 Å². The number of alkyl halides is 2. The van der Waals surface area contributed by atoms with Gasteiger partial charge in [0.05, 0.1) is 29.6 Å². The highest BCUT2D eigenvalue weighted by Crippen LogP contribution is 2.24. The summed E-state index contributed by atoms with van der Waals surface area (Å²) in [6.45, 7) is 1.86. The van der Waals surface area contributed by atoms with Gasteiger partial charge < -0.3 is 9.88 Å². The SMILES string of the molecule is CS(=O)(=O)NCC1CCCN(c2cc(-c3cnc(/C=C\C(=N)C(F)F)[nH]3)ncn2)C1. The molecule has 0 aromatic carbocycles. The lowest BCUT2D eigenvalue weighted by Crippen LogP contribution is -2.41. The van der Waals surface area contributed by atoms with Gasteiger partial charge in [0, 0.05) is 25.7 Å². The zero-order valence-corrected chi connectivity index (χ0v) is 17.2. The first-order chi connectivity index (χ1) is 14.2. The number of aromatic amines is 1. The summed E-state index contributed by atoms with van der Waals surface area (Å²) in [6, 6.07) is 1.80. The maximum Gasteiger partial charge on any atom is 0.279 e. The smallest absolute Gasteiger partial charge is 0.279 e. The molecule has 0 spiro atoms. The molecule has 0 saturated carbocycles. The second-order valence-electron chi connectivity index (χ2n) is 7.11. The molecule has 162 valence electrons. The molecule has 3 rings (SSSR count). The molecule has 3 heterocycles. The summed E-state index contributed by atoms with van der Waals surface area (Å²) in [4.78, 5) is 17.7. The molecule has 9 nitrogen and oxygen atoms in total. The summed E-state index contributed by atoms with van der Waals surface area (Å²) >= 11 is 0. The molecule has 1 fully saturated rings. The molecule has 0 amide bonds. The Morgan fingerprint density at radius 2 is 2.23 bits per heavy atom. The number of rotatable bonds is 8. The molecule has 0 radical (unpaired) electrons. The van der Waals surface area contributed by atoms with Crippen LogP contribution in [0.3, 0.4) is 0 Å². The van der Waals surface area contributed by atoms with Gasteiger partial charge in [-0.15, -0.1) is 0 Å². The number of hydrogen-bond donors (Lipinski definition) is 3. The largest absolute Gasteiger partial charge is 0.356 e. The number of aromatic nitrogens is 4. The van der Waals surface area contributed by atoms with E-state index in [4.69, 9.17) is 5.41 Å². The number of nitrogens with zero attached hydrogens (tertiary/aromatic N) is 4. The zero-order chi connectivity index (χ0) is 21.7. The van der Waals surface area contributed by atoms with E-state index < -0.39 is 22.2 Å². The number of hydrogen-bond acceptors (Lipinski definition) is 7. The van der Waals surface area contributed by atoms with Crippen LogP contribution in [-0.2, 0) is 10.0 Å². The molecule has 1 saturated heterocycles. The van der Waals surface area contributed by atoms with Gasteiger partial charge in [-0.25, -0.2) is 36.9 Å². The van der Waals surface area contributed by atoms with Crippen molar-refractivity contribution < 1.29 is 17.2 Å². The lowest BCUT2D eigenvalue weighted by molar-refractivity contribution is 0.226. The van der Waals surface area contributed by atoms with E-state index >= 15 is 0 Å². The van der Waals surface area contributed by atoms with Crippen molar-refractivity contribution in [2.24, 2.45) is 5.92 Å². The van der Waals surface area contributed by atoms with Crippen LogP contribution in [0.2, 0.25) is 0 Å². The lowest BCUT2D eigenvalue weighted by atomic mass is 9.98. The number of allylic oxidation sites excluding steroid dienone is 1. The van der Waals surface area contributed by atoms with Gasteiger partial charge in [0.25, 0.3) is 6.43 Å². The van der Waals surface area contributed by atoms with Crippen LogP contribution in [0.1, 0.15) is 18.7 Å². The Bertz CT molecular complexity index is 1020. The minimum absolute atomic E-state index is 0.181. The first-order valence-corrected chi connectivity index (χ1v) is 11.2. The number of anilines is 1. The van der Waals surface area contributed by atoms with E-state index in [0.717, 1.165) is 37.5 Å². The molecular formula is C18H23F2N7O2S. The third-order valence-electron chi connectivity index (χ3n) is 4.66. The van der Waals surface area contributed by atoms with Crippen molar-refractivity contribution in [2.75, 3.05) is 30.8 Å². The molecular weight excluding hydrogens is 416 g/mol. The number of imidazole rings is 1. The molecule has 2 aromatic heterocycles. The summed E-state index contributed by atoms with van der Waals surface area (Å²) in [5, 5.41) is 7.14. The van der Waals surface area contributed by atoms with Crippen molar-refractivity contribution in [2.45, 2.75) is 19.3 Å². The summed E-state index contributed by atoms with van der Waals surface area (Å²) in [6.07, 6.45) is 5.45. The van der Waals surface area contributed by atoms with Crippen molar-refractivity contribution in [3.63, 3.8) is 0 Å². The van der Waals surface area contributed by atoms with E-state index in [9.17, 15) is 17.2 Å².